The quantitative estimate of drug-likeness (QED) is 0.908. The number of anilines is 1. The van der Waals surface area contributed by atoms with Gasteiger partial charge in [-0.05, 0) is 19.4 Å². The Morgan fingerprint density at radius 3 is 3.14 bits per heavy atom. The molecule has 0 aliphatic carbocycles. The SMILES string of the molecule is CCc1ncsc1NC(=O)N[C@@H](C)[C@@H]1COc2ccccc21. The molecule has 0 unspecified atom stereocenters. The molecule has 2 atom stereocenters. The normalized spacial score (nSPS) is 17.5. The van der Waals surface area contributed by atoms with E-state index in [1.165, 1.54) is 11.3 Å². The fourth-order valence-corrected chi connectivity index (χ4v) is 3.44. The number of aryl methyl sites for hydroxylation is 1. The number of amides is 2. The summed E-state index contributed by atoms with van der Waals surface area (Å²) >= 11 is 1.44. The van der Waals surface area contributed by atoms with Crippen LogP contribution in [0.3, 0.4) is 0 Å². The number of nitrogens with zero attached hydrogens (tertiary/aromatic N) is 1. The number of hydrogen-bond acceptors (Lipinski definition) is 4. The van der Waals surface area contributed by atoms with Gasteiger partial charge in [-0.15, -0.1) is 11.3 Å². The van der Waals surface area contributed by atoms with Gasteiger partial charge in [0.2, 0.25) is 0 Å². The summed E-state index contributed by atoms with van der Waals surface area (Å²) in [6.45, 7) is 4.62. The first-order chi connectivity index (χ1) is 10.7. The summed E-state index contributed by atoms with van der Waals surface area (Å²) in [4.78, 5) is 16.4. The highest BCUT2D eigenvalue weighted by molar-refractivity contribution is 7.14. The summed E-state index contributed by atoms with van der Waals surface area (Å²) in [7, 11) is 0. The molecule has 2 heterocycles. The van der Waals surface area contributed by atoms with Crippen LogP contribution in [0.25, 0.3) is 0 Å². The minimum absolute atomic E-state index is 0.0124. The lowest BCUT2D eigenvalue weighted by Crippen LogP contribution is -2.40. The second-order valence-corrected chi connectivity index (χ2v) is 6.18. The smallest absolute Gasteiger partial charge is 0.320 e. The third-order valence-electron chi connectivity index (χ3n) is 3.90. The van der Waals surface area contributed by atoms with Gasteiger partial charge in [-0.1, -0.05) is 25.1 Å². The largest absolute Gasteiger partial charge is 0.493 e. The van der Waals surface area contributed by atoms with Gasteiger partial charge in [0.15, 0.2) is 0 Å². The zero-order chi connectivity index (χ0) is 15.5. The van der Waals surface area contributed by atoms with Crippen LogP contribution in [0.15, 0.2) is 29.8 Å². The van der Waals surface area contributed by atoms with Crippen molar-refractivity contribution in [2.75, 3.05) is 11.9 Å². The Hall–Kier alpha value is -2.08. The first kappa shape index (κ1) is 14.8. The number of para-hydroxylation sites is 1. The van der Waals surface area contributed by atoms with Gasteiger partial charge in [-0.3, -0.25) is 5.32 Å². The van der Waals surface area contributed by atoms with E-state index in [-0.39, 0.29) is 18.0 Å². The molecule has 0 fully saturated rings. The maximum atomic E-state index is 12.2. The van der Waals surface area contributed by atoms with Gasteiger partial charge in [-0.2, -0.15) is 0 Å². The molecule has 1 aromatic heterocycles. The topological polar surface area (TPSA) is 63.2 Å². The van der Waals surface area contributed by atoms with Gasteiger partial charge >= 0.3 is 6.03 Å². The van der Waals surface area contributed by atoms with Crippen molar-refractivity contribution in [1.29, 1.82) is 0 Å². The zero-order valence-electron chi connectivity index (χ0n) is 12.6. The highest BCUT2D eigenvalue weighted by Gasteiger charge is 2.29. The van der Waals surface area contributed by atoms with Crippen molar-refractivity contribution >= 4 is 22.4 Å². The van der Waals surface area contributed by atoms with E-state index in [1.54, 1.807) is 5.51 Å². The van der Waals surface area contributed by atoms with E-state index in [4.69, 9.17) is 4.74 Å². The Bertz CT molecular complexity index is 671. The Morgan fingerprint density at radius 2 is 2.32 bits per heavy atom. The van der Waals surface area contributed by atoms with E-state index >= 15 is 0 Å². The molecule has 1 aliphatic heterocycles. The summed E-state index contributed by atoms with van der Waals surface area (Å²) in [5.74, 6) is 1.09. The molecule has 0 radical (unpaired) electrons. The second-order valence-electron chi connectivity index (χ2n) is 5.32. The molecule has 1 aromatic carbocycles. The molecule has 2 amide bonds. The van der Waals surface area contributed by atoms with Gasteiger partial charge in [0.1, 0.15) is 10.8 Å². The Balaban J connectivity index is 1.63. The van der Waals surface area contributed by atoms with Crippen LogP contribution in [0.4, 0.5) is 9.80 Å². The van der Waals surface area contributed by atoms with Crippen LogP contribution in [-0.2, 0) is 6.42 Å². The Labute approximate surface area is 133 Å². The number of carbonyl (C=O) groups is 1. The molecule has 0 bridgehead atoms. The number of urea groups is 1. The molecule has 116 valence electrons. The van der Waals surface area contributed by atoms with Crippen LogP contribution in [0.5, 0.6) is 5.75 Å². The van der Waals surface area contributed by atoms with E-state index in [0.717, 1.165) is 28.4 Å². The monoisotopic (exact) mass is 317 g/mol. The van der Waals surface area contributed by atoms with E-state index in [0.29, 0.717) is 6.61 Å². The highest BCUT2D eigenvalue weighted by Crippen LogP contribution is 2.35. The fraction of sp³-hybridized carbons (Fsp3) is 0.375. The second kappa shape index (κ2) is 6.36. The minimum atomic E-state index is -0.198. The average Bonchev–Trinajstić information content (AvgIpc) is 3.13. The summed E-state index contributed by atoms with van der Waals surface area (Å²) in [5.41, 5.74) is 3.82. The molecule has 22 heavy (non-hydrogen) atoms. The maximum absolute atomic E-state index is 12.2. The number of aromatic nitrogens is 1. The number of benzene rings is 1. The highest BCUT2D eigenvalue weighted by atomic mass is 32.1. The number of rotatable bonds is 4. The molecule has 2 N–H and O–H groups in total. The molecule has 1 aliphatic rings. The zero-order valence-corrected chi connectivity index (χ0v) is 13.4. The van der Waals surface area contributed by atoms with Crippen molar-refractivity contribution in [2.24, 2.45) is 0 Å². The predicted octanol–water partition coefficient (Wildman–Crippen LogP) is 3.39. The fourth-order valence-electron chi connectivity index (χ4n) is 2.67. The predicted molar refractivity (Wildman–Crippen MR) is 87.8 cm³/mol. The number of carbonyl (C=O) groups excluding carboxylic acids is 1. The summed E-state index contributed by atoms with van der Waals surface area (Å²) in [6, 6.07) is 7.77. The van der Waals surface area contributed by atoms with Crippen molar-refractivity contribution in [3.8, 4) is 5.75 Å². The molecule has 0 saturated carbocycles. The third-order valence-corrected chi connectivity index (χ3v) is 4.69. The Kier molecular flexibility index (Phi) is 4.29. The molecule has 3 rings (SSSR count). The first-order valence-corrected chi connectivity index (χ1v) is 8.28. The van der Waals surface area contributed by atoms with Crippen molar-refractivity contribution in [2.45, 2.75) is 32.2 Å². The maximum Gasteiger partial charge on any atom is 0.320 e. The Morgan fingerprint density at radius 1 is 1.50 bits per heavy atom. The van der Waals surface area contributed by atoms with Gasteiger partial charge in [0, 0.05) is 17.5 Å². The third kappa shape index (κ3) is 2.92. The molecule has 5 nitrogen and oxygen atoms in total. The van der Waals surface area contributed by atoms with Crippen LogP contribution >= 0.6 is 11.3 Å². The molecular formula is C16H19N3O2S. The molecule has 2 aromatic rings. The van der Waals surface area contributed by atoms with Gasteiger partial charge in [0.25, 0.3) is 0 Å². The minimum Gasteiger partial charge on any atom is -0.493 e. The van der Waals surface area contributed by atoms with Gasteiger partial charge < -0.3 is 10.1 Å². The number of hydrogen-bond donors (Lipinski definition) is 2. The molecule has 0 saturated heterocycles. The summed E-state index contributed by atoms with van der Waals surface area (Å²) in [5, 5.41) is 6.70. The van der Waals surface area contributed by atoms with Crippen LogP contribution in [0, 0.1) is 0 Å². The van der Waals surface area contributed by atoms with E-state index < -0.39 is 0 Å². The number of ether oxygens (including phenoxy) is 1. The van der Waals surface area contributed by atoms with Crippen LogP contribution in [0.1, 0.15) is 31.0 Å². The van der Waals surface area contributed by atoms with E-state index in [2.05, 4.69) is 21.7 Å². The summed E-state index contributed by atoms with van der Waals surface area (Å²) in [6.07, 6.45) is 0.804. The summed E-state index contributed by atoms with van der Waals surface area (Å²) < 4.78 is 5.68. The van der Waals surface area contributed by atoms with Crippen molar-refractivity contribution in [1.82, 2.24) is 10.3 Å². The van der Waals surface area contributed by atoms with Crippen molar-refractivity contribution < 1.29 is 9.53 Å². The van der Waals surface area contributed by atoms with Gasteiger partial charge in [-0.25, -0.2) is 9.78 Å². The molecule has 0 spiro atoms. The number of nitrogens with one attached hydrogen (secondary N) is 2. The molecular weight excluding hydrogens is 298 g/mol. The lowest BCUT2D eigenvalue weighted by Gasteiger charge is -2.20. The number of thiazole rings is 1. The lowest BCUT2D eigenvalue weighted by molar-refractivity contribution is 0.244. The molecule has 6 heteroatoms. The average molecular weight is 317 g/mol. The number of fused-ring (bicyclic) bond motifs is 1. The van der Waals surface area contributed by atoms with Crippen molar-refractivity contribution in [3.63, 3.8) is 0 Å². The first-order valence-electron chi connectivity index (χ1n) is 7.40. The van der Waals surface area contributed by atoms with Crippen LogP contribution in [0.2, 0.25) is 0 Å². The van der Waals surface area contributed by atoms with E-state index in [1.807, 2.05) is 32.0 Å². The van der Waals surface area contributed by atoms with E-state index in [9.17, 15) is 4.79 Å². The standard InChI is InChI=1S/C16H19N3O2S/c1-3-13-15(22-9-17-13)19-16(20)18-10(2)12-8-21-14-7-5-4-6-11(12)14/h4-7,9-10,12H,3,8H2,1-2H3,(H2,18,19,20)/t10-,12-/m0/s1. The van der Waals surface area contributed by atoms with Crippen LogP contribution < -0.4 is 15.4 Å². The lowest BCUT2D eigenvalue weighted by atomic mass is 9.94. The van der Waals surface area contributed by atoms with Gasteiger partial charge in [0.05, 0.1) is 17.8 Å². The van der Waals surface area contributed by atoms with Crippen LogP contribution in [-0.4, -0.2) is 23.7 Å². The van der Waals surface area contributed by atoms with Crippen molar-refractivity contribution in [3.05, 3.63) is 41.0 Å².